The molecule has 1 saturated carbocycles. The van der Waals surface area contributed by atoms with Gasteiger partial charge in [-0.3, -0.25) is 9.69 Å². The van der Waals surface area contributed by atoms with Crippen molar-refractivity contribution in [1.29, 1.82) is 0 Å². The summed E-state index contributed by atoms with van der Waals surface area (Å²) in [5.41, 5.74) is 2.07. The lowest BCUT2D eigenvalue weighted by Crippen LogP contribution is -2.34. The molecule has 0 radical (unpaired) electrons. The first-order valence-electron chi connectivity index (χ1n) is 7.43. The molecule has 2 aliphatic rings. The first-order valence-corrected chi connectivity index (χ1v) is 11.1. The molecule has 20 heavy (non-hydrogen) atoms. The van der Waals surface area contributed by atoms with Crippen LogP contribution in [-0.2, 0) is 14.9 Å². The molecule has 1 heterocycles. The van der Waals surface area contributed by atoms with Crippen molar-refractivity contribution in [1.82, 2.24) is 0 Å². The van der Waals surface area contributed by atoms with Crippen LogP contribution in [0.15, 0.2) is 24.3 Å². The lowest BCUT2D eigenvalue weighted by molar-refractivity contribution is -0.121. The zero-order valence-electron chi connectivity index (χ0n) is 12.6. The molecular formula is C16H23NO2Si. The Bertz CT molecular complexity index is 532. The third-order valence-electron chi connectivity index (χ3n) is 4.33. The largest absolute Gasteiger partial charge is 0.361 e. The minimum absolute atomic E-state index is 0.196. The molecule has 0 saturated heterocycles. The molecule has 0 atom stereocenters. The normalized spacial score (nSPS) is 19.6. The molecule has 0 N–H and O–H groups in total. The van der Waals surface area contributed by atoms with E-state index in [4.69, 9.17) is 4.74 Å². The van der Waals surface area contributed by atoms with Gasteiger partial charge in [-0.05, 0) is 30.5 Å². The minimum atomic E-state index is -1.07. The molecule has 0 bridgehead atoms. The van der Waals surface area contributed by atoms with E-state index in [2.05, 4.69) is 25.7 Å². The van der Waals surface area contributed by atoms with Crippen molar-refractivity contribution in [2.45, 2.75) is 43.9 Å². The lowest BCUT2D eigenvalue weighted by Gasteiger charge is -2.20. The zero-order valence-corrected chi connectivity index (χ0v) is 13.6. The second kappa shape index (κ2) is 4.71. The van der Waals surface area contributed by atoms with Gasteiger partial charge in [-0.25, -0.2) is 0 Å². The van der Waals surface area contributed by atoms with Crippen LogP contribution in [0, 0.1) is 0 Å². The smallest absolute Gasteiger partial charge is 0.239 e. The van der Waals surface area contributed by atoms with Crippen LogP contribution in [0.5, 0.6) is 0 Å². The summed E-state index contributed by atoms with van der Waals surface area (Å²) >= 11 is 0. The molecular weight excluding hydrogens is 266 g/mol. The number of rotatable bonds is 5. The van der Waals surface area contributed by atoms with E-state index in [1.54, 1.807) is 0 Å². The first kappa shape index (κ1) is 13.8. The van der Waals surface area contributed by atoms with Crippen LogP contribution in [0.1, 0.15) is 18.4 Å². The number of carbonyl (C=O) groups is 1. The Kier molecular flexibility index (Phi) is 3.25. The Balaban J connectivity index is 1.67. The summed E-state index contributed by atoms with van der Waals surface area (Å²) in [7, 11) is -1.07. The van der Waals surface area contributed by atoms with Gasteiger partial charge in [0.25, 0.3) is 0 Å². The molecule has 1 aliphatic heterocycles. The van der Waals surface area contributed by atoms with Crippen molar-refractivity contribution >= 4 is 19.7 Å². The van der Waals surface area contributed by atoms with Crippen LogP contribution >= 0.6 is 0 Å². The molecule has 1 aromatic carbocycles. The van der Waals surface area contributed by atoms with Gasteiger partial charge < -0.3 is 4.74 Å². The summed E-state index contributed by atoms with van der Waals surface area (Å²) < 4.78 is 5.78. The fourth-order valence-corrected chi connectivity index (χ4v) is 3.62. The molecule has 108 valence electrons. The maximum absolute atomic E-state index is 12.6. The molecule has 3 rings (SSSR count). The number of para-hydroxylation sites is 1. The first-order chi connectivity index (χ1) is 9.44. The number of amides is 1. The van der Waals surface area contributed by atoms with Gasteiger partial charge in [0.2, 0.25) is 5.91 Å². The number of nitrogens with zero attached hydrogens (tertiary/aromatic N) is 1. The van der Waals surface area contributed by atoms with E-state index in [0.29, 0.717) is 6.73 Å². The molecule has 0 aromatic heterocycles. The summed E-state index contributed by atoms with van der Waals surface area (Å²) in [6.07, 6.45) is 1.99. The third kappa shape index (κ3) is 2.31. The van der Waals surface area contributed by atoms with E-state index in [9.17, 15) is 4.79 Å². The summed E-state index contributed by atoms with van der Waals surface area (Å²) in [4.78, 5) is 14.4. The average molecular weight is 289 g/mol. The molecule has 1 aromatic rings. The van der Waals surface area contributed by atoms with E-state index in [0.717, 1.165) is 31.2 Å². The van der Waals surface area contributed by atoms with Crippen molar-refractivity contribution in [3.8, 4) is 0 Å². The molecule has 1 aliphatic carbocycles. The molecule has 3 nitrogen and oxygen atoms in total. The van der Waals surface area contributed by atoms with E-state index in [-0.39, 0.29) is 11.3 Å². The number of hydrogen-bond acceptors (Lipinski definition) is 2. The molecule has 1 amide bonds. The van der Waals surface area contributed by atoms with Crippen molar-refractivity contribution in [2.75, 3.05) is 18.2 Å². The van der Waals surface area contributed by atoms with Crippen molar-refractivity contribution < 1.29 is 9.53 Å². The van der Waals surface area contributed by atoms with Gasteiger partial charge in [0, 0.05) is 14.7 Å². The number of carbonyl (C=O) groups excluding carboxylic acids is 1. The minimum Gasteiger partial charge on any atom is -0.361 e. The fraction of sp³-hybridized carbons (Fsp3) is 0.562. The standard InChI is InChI=1S/C16H23NO2Si/c1-20(2,3)11-10-19-12-17-14-7-5-4-6-13(14)16(8-9-16)15(17)18/h4-7H,8-12H2,1-3H3. The van der Waals surface area contributed by atoms with E-state index in [1.165, 1.54) is 5.56 Å². The number of hydrogen-bond donors (Lipinski definition) is 0. The van der Waals surface area contributed by atoms with Crippen LogP contribution in [0.3, 0.4) is 0 Å². The van der Waals surface area contributed by atoms with Gasteiger partial charge >= 0.3 is 0 Å². The molecule has 0 unspecified atom stereocenters. The highest BCUT2D eigenvalue weighted by molar-refractivity contribution is 6.76. The SMILES string of the molecule is C[Si](C)(C)CCOCN1C(=O)C2(CC2)c2ccccc21. The van der Waals surface area contributed by atoms with Crippen LogP contribution < -0.4 is 4.90 Å². The third-order valence-corrected chi connectivity index (χ3v) is 6.04. The summed E-state index contributed by atoms with van der Waals surface area (Å²) in [5, 5.41) is 0. The second-order valence-electron chi connectivity index (χ2n) is 7.18. The number of ether oxygens (including phenoxy) is 1. The average Bonchev–Trinajstić information content (AvgIpc) is 3.14. The van der Waals surface area contributed by atoms with Crippen LogP contribution in [0.2, 0.25) is 25.7 Å². The van der Waals surface area contributed by atoms with E-state index >= 15 is 0 Å². The predicted molar refractivity (Wildman–Crippen MR) is 83.8 cm³/mol. The number of anilines is 1. The summed E-state index contributed by atoms with van der Waals surface area (Å²) in [5.74, 6) is 0.242. The van der Waals surface area contributed by atoms with Crippen molar-refractivity contribution in [3.63, 3.8) is 0 Å². The van der Waals surface area contributed by atoms with Gasteiger partial charge in [0.05, 0.1) is 11.1 Å². The number of fused-ring (bicyclic) bond motifs is 2. The van der Waals surface area contributed by atoms with E-state index in [1.807, 2.05) is 23.1 Å². The summed E-state index contributed by atoms with van der Waals surface area (Å²) in [6.45, 7) is 8.18. The monoisotopic (exact) mass is 289 g/mol. The predicted octanol–water partition coefficient (Wildman–Crippen LogP) is 3.38. The maximum Gasteiger partial charge on any atom is 0.239 e. The van der Waals surface area contributed by atoms with Gasteiger partial charge in [0.15, 0.2) is 0 Å². The van der Waals surface area contributed by atoms with Crippen LogP contribution in [0.4, 0.5) is 5.69 Å². The topological polar surface area (TPSA) is 29.5 Å². The zero-order chi connectivity index (χ0) is 14.4. The Morgan fingerprint density at radius 3 is 2.60 bits per heavy atom. The van der Waals surface area contributed by atoms with Gasteiger partial charge in [-0.2, -0.15) is 0 Å². The molecule has 4 heteroatoms. The highest BCUT2D eigenvalue weighted by atomic mass is 28.3. The second-order valence-corrected chi connectivity index (χ2v) is 12.8. The van der Waals surface area contributed by atoms with Gasteiger partial charge in [0.1, 0.15) is 6.73 Å². The Labute approximate surface area is 121 Å². The highest BCUT2D eigenvalue weighted by Gasteiger charge is 2.58. The van der Waals surface area contributed by atoms with Crippen LogP contribution in [0.25, 0.3) is 0 Å². The number of benzene rings is 1. The van der Waals surface area contributed by atoms with Crippen molar-refractivity contribution in [2.24, 2.45) is 0 Å². The lowest BCUT2D eigenvalue weighted by atomic mass is 9.98. The Morgan fingerprint density at radius 2 is 1.95 bits per heavy atom. The van der Waals surface area contributed by atoms with Crippen LogP contribution in [-0.4, -0.2) is 27.3 Å². The maximum atomic E-state index is 12.6. The molecule has 1 fully saturated rings. The Hall–Kier alpha value is -1.13. The highest BCUT2D eigenvalue weighted by Crippen LogP contribution is 2.57. The Morgan fingerprint density at radius 1 is 1.25 bits per heavy atom. The van der Waals surface area contributed by atoms with Crippen molar-refractivity contribution in [3.05, 3.63) is 29.8 Å². The fourth-order valence-electron chi connectivity index (χ4n) is 2.87. The van der Waals surface area contributed by atoms with Gasteiger partial charge in [-0.1, -0.05) is 37.8 Å². The quantitative estimate of drug-likeness (QED) is 0.614. The molecule has 1 spiro atoms. The summed E-state index contributed by atoms with van der Waals surface area (Å²) in [6, 6.07) is 9.32. The van der Waals surface area contributed by atoms with Gasteiger partial charge in [-0.15, -0.1) is 0 Å². The van der Waals surface area contributed by atoms with E-state index < -0.39 is 8.07 Å².